The zero-order valence-electron chi connectivity index (χ0n) is 15.4. The smallest absolute Gasteiger partial charge is 0.259 e. The van der Waals surface area contributed by atoms with Gasteiger partial charge in [0.25, 0.3) is 5.91 Å². The fourth-order valence-electron chi connectivity index (χ4n) is 2.33. The van der Waals surface area contributed by atoms with Gasteiger partial charge in [-0.05, 0) is 38.0 Å². The summed E-state index contributed by atoms with van der Waals surface area (Å²) in [6, 6.07) is 5.73. The molecule has 0 spiro atoms. The van der Waals surface area contributed by atoms with E-state index in [0.29, 0.717) is 13.0 Å². The highest BCUT2D eigenvalue weighted by Gasteiger charge is 2.17. The molecule has 0 unspecified atom stereocenters. The van der Waals surface area contributed by atoms with E-state index in [1.807, 2.05) is 6.08 Å². The van der Waals surface area contributed by atoms with E-state index in [-0.39, 0.29) is 28.4 Å². The van der Waals surface area contributed by atoms with Crippen LogP contribution in [0.3, 0.4) is 0 Å². The molecule has 1 heterocycles. The standard InChI is InChI=1S/C20H23F2N3O2/c1-3-4-5-6-7-11-27-16-10-8-9-15(17(16)21)24-20(26)14-12-13(2)18(22)25-19(14)23/h5-6,8-10,12H,3-4,7,11H2,1-2H3,(H2,23,25)(H,24,26). The molecule has 27 heavy (non-hydrogen) atoms. The van der Waals surface area contributed by atoms with Crippen molar-refractivity contribution < 1.29 is 18.3 Å². The summed E-state index contributed by atoms with van der Waals surface area (Å²) in [5.41, 5.74) is 5.68. The summed E-state index contributed by atoms with van der Waals surface area (Å²) < 4.78 is 33.4. The monoisotopic (exact) mass is 375 g/mol. The van der Waals surface area contributed by atoms with Gasteiger partial charge in [-0.2, -0.15) is 4.39 Å². The first-order chi connectivity index (χ1) is 12.9. The van der Waals surface area contributed by atoms with Gasteiger partial charge in [0, 0.05) is 5.56 Å². The highest BCUT2D eigenvalue weighted by molar-refractivity contribution is 6.07. The summed E-state index contributed by atoms with van der Waals surface area (Å²) in [6.07, 6.45) is 6.77. The maximum Gasteiger partial charge on any atom is 0.259 e. The number of halogens is 2. The predicted molar refractivity (Wildman–Crippen MR) is 102 cm³/mol. The van der Waals surface area contributed by atoms with Crippen LogP contribution in [-0.2, 0) is 0 Å². The molecule has 7 heteroatoms. The molecule has 1 amide bonds. The third-order valence-corrected chi connectivity index (χ3v) is 3.80. The number of amides is 1. The molecule has 3 N–H and O–H groups in total. The zero-order valence-corrected chi connectivity index (χ0v) is 15.4. The van der Waals surface area contributed by atoms with Crippen LogP contribution in [0.4, 0.5) is 20.3 Å². The van der Waals surface area contributed by atoms with E-state index < -0.39 is 17.7 Å². The maximum absolute atomic E-state index is 14.6. The van der Waals surface area contributed by atoms with E-state index >= 15 is 0 Å². The van der Waals surface area contributed by atoms with E-state index in [4.69, 9.17) is 10.5 Å². The fraction of sp³-hybridized carbons (Fsp3) is 0.300. The summed E-state index contributed by atoms with van der Waals surface area (Å²) in [5, 5.41) is 2.42. The molecule has 2 rings (SSSR count). The van der Waals surface area contributed by atoms with Crippen molar-refractivity contribution in [1.82, 2.24) is 4.98 Å². The fourth-order valence-corrected chi connectivity index (χ4v) is 2.33. The van der Waals surface area contributed by atoms with E-state index in [0.717, 1.165) is 12.8 Å². The topological polar surface area (TPSA) is 77.2 Å². The Kier molecular flexibility index (Phi) is 7.28. The molecule has 144 valence electrons. The molecule has 0 aliphatic heterocycles. The SMILES string of the molecule is CCCC=CCCOc1cccc(NC(=O)c2cc(C)c(F)nc2N)c1F. The van der Waals surface area contributed by atoms with Gasteiger partial charge in [0.2, 0.25) is 5.95 Å². The molecule has 0 saturated carbocycles. The minimum absolute atomic E-state index is 0.0271. The van der Waals surface area contributed by atoms with Gasteiger partial charge < -0.3 is 15.8 Å². The Labute approximate surface area is 157 Å². The first-order valence-electron chi connectivity index (χ1n) is 8.74. The largest absolute Gasteiger partial charge is 0.490 e. The van der Waals surface area contributed by atoms with Crippen LogP contribution in [0, 0.1) is 18.7 Å². The number of nitrogen functional groups attached to an aromatic ring is 1. The van der Waals surface area contributed by atoms with Crippen molar-refractivity contribution in [3.63, 3.8) is 0 Å². The molecule has 0 bridgehead atoms. The molecule has 2 aromatic rings. The first-order valence-corrected chi connectivity index (χ1v) is 8.74. The minimum Gasteiger partial charge on any atom is -0.490 e. The van der Waals surface area contributed by atoms with Crippen LogP contribution < -0.4 is 15.8 Å². The van der Waals surface area contributed by atoms with Gasteiger partial charge in [-0.1, -0.05) is 31.6 Å². The molecule has 0 atom stereocenters. The molecule has 5 nitrogen and oxygen atoms in total. The number of carbonyl (C=O) groups excluding carboxylic acids is 1. The second-order valence-corrected chi connectivity index (χ2v) is 6.00. The highest BCUT2D eigenvalue weighted by atomic mass is 19.1. The van der Waals surface area contributed by atoms with Crippen molar-refractivity contribution in [2.75, 3.05) is 17.7 Å². The van der Waals surface area contributed by atoms with Crippen LogP contribution >= 0.6 is 0 Å². The van der Waals surface area contributed by atoms with Gasteiger partial charge in [-0.15, -0.1) is 0 Å². The number of ether oxygens (including phenoxy) is 1. The number of nitrogens with two attached hydrogens (primary N) is 1. The number of benzene rings is 1. The Morgan fingerprint density at radius 3 is 2.78 bits per heavy atom. The first kappa shape index (κ1) is 20.4. The molecule has 0 radical (unpaired) electrons. The molecule has 0 fully saturated rings. The number of nitrogens with zero attached hydrogens (tertiary/aromatic N) is 1. The van der Waals surface area contributed by atoms with Gasteiger partial charge in [0.1, 0.15) is 5.82 Å². The lowest BCUT2D eigenvalue weighted by Crippen LogP contribution is -2.17. The molecule has 1 aromatic carbocycles. The molecule has 0 aliphatic rings. The third-order valence-electron chi connectivity index (χ3n) is 3.80. The van der Waals surface area contributed by atoms with Crippen molar-refractivity contribution in [3.05, 3.63) is 59.3 Å². The van der Waals surface area contributed by atoms with Crippen LogP contribution in [0.25, 0.3) is 0 Å². The summed E-state index contributed by atoms with van der Waals surface area (Å²) in [5.74, 6) is -2.34. The van der Waals surface area contributed by atoms with E-state index in [2.05, 4.69) is 23.3 Å². The lowest BCUT2D eigenvalue weighted by molar-refractivity contribution is 0.102. The predicted octanol–water partition coefficient (Wildman–Crippen LogP) is 4.63. The van der Waals surface area contributed by atoms with Crippen LogP contribution in [0.2, 0.25) is 0 Å². The number of hydrogen-bond acceptors (Lipinski definition) is 4. The number of aromatic nitrogens is 1. The van der Waals surface area contributed by atoms with Gasteiger partial charge >= 0.3 is 0 Å². The van der Waals surface area contributed by atoms with Crippen molar-refractivity contribution >= 4 is 17.4 Å². The number of hydrogen-bond donors (Lipinski definition) is 2. The molecular weight excluding hydrogens is 352 g/mol. The Morgan fingerprint density at radius 1 is 1.30 bits per heavy atom. The van der Waals surface area contributed by atoms with Gasteiger partial charge in [-0.3, -0.25) is 4.79 Å². The number of aryl methyl sites for hydroxylation is 1. The Hall–Kier alpha value is -2.96. The lowest BCUT2D eigenvalue weighted by atomic mass is 10.1. The lowest BCUT2D eigenvalue weighted by Gasteiger charge is -2.12. The van der Waals surface area contributed by atoms with Crippen LogP contribution in [0.5, 0.6) is 5.75 Å². The number of anilines is 2. The summed E-state index contributed by atoms with van der Waals surface area (Å²) in [4.78, 5) is 15.8. The minimum atomic E-state index is -0.751. The third kappa shape index (κ3) is 5.51. The maximum atomic E-state index is 14.6. The molecular formula is C20H23F2N3O2. The Balaban J connectivity index is 2.07. The summed E-state index contributed by atoms with van der Waals surface area (Å²) in [7, 11) is 0. The average Bonchev–Trinajstić information content (AvgIpc) is 2.63. The Bertz CT molecular complexity index is 838. The van der Waals surface area contributed by atoms with Crippen molar-refractivity contribution in [2.24, 2.45) is 0 Å². The van der Waals surface area contributed by atoms with Crippen molar-refractivity contribution in [3.8, 4) is 5.75 Å². The van der Waals surface area contributed by atoms with E-state index in [9.17, 15) is 13.6 Å². The van der Waals surface area contributed by atoms with Gasteiger partial charge in [0.05, 0.1) is 17.9 Å². The number of rotatable bonds is 8. The van der Waals surface area contributed by atoms with E-state index in [1.54, 1.807) is 6.07 Å². The van der Waals surface area contributed by atoms with Crippen LogP contribution in [0.1, 0.15) is 42.1 Å². The van der Waals surface area contributed by atoms with Gasteiger partial charge in [-0.25, -0.2) is 9.37 Å². The van der Waals surface area contributed by atoms with Crippen molar-refractivity contribution in [1.29, 1.82) is 0 Å². The number of unbranched alkanes of at least 4 members (excludes halogenated alkanes) is 1. The normalized spacial score (nSPS) is 11.0. The van der Waals surface area contributed by atoms with Crippen LogP contribution in [-0.4, -0.2) is 17.5 Å². The molecule has 1 aromatic heterocycles. The summed E-state index contributed by atoms with van der Waals surface area (Å²) in [6.45, 7) is 3.87. The van der Waals surface area contributed by atoms with Crippen molar-refractivity contribution in [2.45, 2.75) is 33.1 Å². The quantitative estimate of drug-likeness (QED) is 0.401. The summed E-state index contributed by atoms with van der Waals surface area (Å²) >= 11 is 0. The number of pyridine rings is 1. The van der Waals surface area contributed by atoms with Crippen LogP contribution in [0.15, 0.2) is 36.4 Å². The number of nitrogens with one attached hydrogen (secondary N) is 1. The second-order valence-electron chi connectivity index (χ2n) is 6.00. The van der Waals surface area contributed by atoms with E-state index in [1.165, 1.54) is 25.1 Å². The number of carbonyl (C=O) groups is 1. The Morgan fingerprint density at radius 2 is 2.04 bits per heavy atom. The second kappa shape index (κ2) is 9.66. The average molecular weight is 375 g/mol. The van der Waals surface area contributed by atoms with Gasteiger partial charge in [0.15, 0.2) is 11.6 Å². The zero-order chi connectivity index (χ0) is 19.8. The molecule has 0 aliphatic carbocycles. The molecule has 0 saturated heterocycles. The highest BCUT2D eigenvalue weighted by Crippen LogP contribution is 2.25. The number of allylic oxidation sites excluding steroid dienone is 1.